The highest BCUT2D eigenvalue weighted by molar-refractivity contribution is 6.23. The van der Waals surface area contributed by atoms with E-state index in [9.17, 15) is 0 Å². The molecule has 0 heteroatoms. The lowest BCUT2D eigenvalue weighted by Gasteiger charge is -2.19. The average molecular weight is 641 g/mol. The largest absolute Gasteiger partial charge is 0.0616 e. The molecule has 9 aromatic carbocycles. The van der Waals surface area contributed by atoms with Gasteiger partial charge in [0.1, 0.15) is 0 Å². The fourth-order valence-corrected chi connectivity index (χ4v) is 8.36. The van der Waals surface area contributed by atoms with Crippen molar-refractivity contribution < 1.29 is 0 Å². The van der Waals surface area contributed by atoms with Crippen molar-refractivity contribution >= 4 is 53.9 Å². The maximum atomic E-state index is 2.41. The Morgan fingerprint density at radius 1 is 0.320 bits per heavy atom. The van der Waals surface area contributed by atoms with Gasteiger partial charge in [-0.2, -0.15) is 0 Å². The van der Waals surface area contributed by atoms with E-state index in [1.165, 1.54) is 104 Å². The van der Waals surface area contributed by atoms with Crippen molar-refractivity contribution in [1.29, 1.82) is 0 Å². The zero-order chi connectivity index (χ0) is 33.8. The van der Waals surface area contributed by atoms with Crippen molar-refractivity contribution in [3.8, 4) is 33.4 Å². The molecule has 0 spiro atoms. The van der Waals surface area contributed by atoms with Crippen molar-refractivity contribution in [2.24, 2.45) is 0 Å². The van der Waals surface area contributed by atoms with E-state index in [2.05, 4.69) is 172 Å². The molecule has 240 valence electrons. The van der Waals surface area contributed by atoms with E-state index in [1.807, 2.05) is 0 Å². The number of hydrogen-bond donors (Lipinski definition) is 0. The second-order valence-corrected chi connectivity index (χ2v) is 13.7. The van der Waals surface area contributed by atoms with Gasteiger partial charge >= 0.3 is 0 Å². The van der Waals surface area contributed by atoms with Crippen LogP contribution in [-0.2, 0) is 19.3 Å². The maximum Gasteiger partial charge on any atom is -0.00201 e. The van der Waals surface area contributed by atoms with Crippen LogP contribution in [0.25, 0.3) is 87.2 Å². The molecule has 50 heavy (non-hydrogen) atoms. The monoisotopic (exact) mass is 640 g/mol. The molecule has 0 aliphatic rings. The van der Waals surface area contributed by atoms with E-state index in [0.717, 1.165) is 19.3 Å². The minimum Gasteiger partial charge on any atom is -0.0616 e. The summed E-state index contributed by atoms with van der Waals surface area (Å²) in [6.07, 6.45) is 3.09. The molecule has 0 bridgehead atoms. The maximum absolute atomic E-state index is 2.41. The van der Waals surface area contributed by atoms with Gasteiger partial charge in [-0.25, -0.2) is 0 Å². The van der Waals surface area contributed by atoms with Crippen LogP contribution in [0.4, 0.5) is 0 Å². The van der Waals surface area contributed by atoms with Gasteiger partial charge in [-0.1, -0.05) is 166 Å². The van der Waals surface area contributed by atoms with Crippen molar-refractivity contribution in [1.82, 2.24) is 0 Å². The third-order valence-electron chi connectivity index (χ3n) is 11.0. The van der Waals surface area contributed by atoms with Crippen molar-refractivity contribution in [3.63, 3.8) is 0 Å². The predicted molar refractivity (Wildman–Crippen MR) is 218 cm³/mol. The number of hydrogen-bond acceptors (Lipinski definition) is 0. The SMILES string of the molecule is CCc1ccc2cc(-c3ccc(-c4c5ccccc5c(-c5ccc(CC)c6ccccc56)c5ccccc45)cc3)c3ccc(CC)cc3c2c1. The first-order valence-electron chi connectivity index (χ1n) is 18.2. The van der Waals surface area contributed by atoms with Crippen LogP contribution in [0.1, 0.15) is 37.5 Å². The molecule has 0 amide bonds. The lowest BCUT2D eigenvalue weighted by Crippen LogP contribution is -1.93. The van der Waals surface area contributed by atoms with E-state index < -0.39 is 0 Å². The summed E-state index contributed by atoms with van der Waals surface area (Å²) in [5.41, 5.74) is 11.8. The Labute approximate surface area is 294 Å². The third kappa shape index (κ3) is 4.82. The number of rotatable bonds is 6. The second-order valence-electron chi connectivity index (χ2n) is 13.7. The Morgan fingerprint density at radius 2 is 0.840 bits per heavy atom. The van der Waals surface area contributed by atoms with Gasteiger partial charge in [0.05, 0.1) is 0 Å². The first-order valence-corrected chi connectivity index (χ1v) is 18.2. The highest BCUT2D eigenvalue weighted by atomic mass is 14.2. The predicted octanol–water partition coefficient (Wildman–Crippen LogP) is 14.1. The normalized spacial score (nSPS) is 11.7. The molecule has 0 aromatic heterocycles. The molecule has 0 N–H and O–H groups in total. The molecule has 0 heterocycles. The van der Waals surface area contributed by atoms with E-state index in [1.54, 1.807) is 0 Å². The molecule has 9 aromatic rings. The summed E-state index contributed by atoms with van der Waals surface area (Å²) in [4.78, 5) is 0. The molecule has 0 saturated carbocycles. The highest BCUT2D eigenvalue weighted by Crippen LogP contribution is 2.46. The zero-order valence-corrected chi connectivity index (χ0v) is 29.1. The van der Waals surface area contributed by atoms with Gasteiger partial charge in [0.2, 0.25) is 0 Å². The van der Waals surface area contributed by atoms with Gasteiger partial charge in [-0.3, -0.25) is 0 Å². The Kier molecular flexibility index (Phi) is 7.47. The van der Waals surface area contributed by atoms with Crippen LogP contribution < -0.4 is 0 Å². The average Bonchev–Trinajstić information content (AvgIpc) is 3.19. The summed E-state index contributed by atoms with van der Waals surface area (Å²) < 4.78 is 0. The highest BCUT2D eigenvalue weighted by Gasteiger charge is 2.19. The van der Waals surface area contributed by atoms with Gasteiger partial charge in [-0.15, -0.1) is 0 Å². The van der Waals surface area contributed by atoms with Crippen LogP contribution in [-0.4, -0.2) is 0 Å². The van der Waals surface area contributed by atoms with Crippen LogP contribution in [0, 0.1) is 0 Å². The first-order chi connectivity index (χ1) is 24.7. The van der Waals surface area contributed by atoms with E-state index in [-0.39, 0.29) is 0 Å². The molecule has 0 fully saturated rings. The summed E-state index contributed by atoms with van der Waals surface area (Å²) in [5, 5.41) is 13.1. The zero-order valence-electron chi connectivity index (χ0n) is 29.1. The summed E-state index contributed by atoms with van der Waals surface area (Å²) in [6.45, 7) is 6.73. The van der Waals surface area contributed by atoms with E-state index in [0.29, 0.717) is 0 Å². The molecule has 0 radical (unpaired) electrons. The van der Waals surface area contributed by atoms with Crippen LogP contribution in [0.3, 0.4) is 0 Å². The number of aryl methyl sites for hydroxylation is 3. The lowest BCUT2D eigenvalue weighted by molar-refractivity contribution is 1.14. The van der Waals surface area contributed by atoms with E-state index >= 15 is 0 Å². The van der Waals surface area contributed by atoms with Gasteiger partial charge < -0.3 is 0 Å². The molecule has 0 aliphatic heterocycles. The third-order valence-corrected chi connectivity index (χ3v) is 11.0. The van der Waals surface area contributed by atoms with E-state index in [4.69, 9.17) is 0 Å². The summed E-state index contributed by atoms with van der Waals surface area (Å²) >= 11 is 0. The number of fused-ring (bicyclic) bond motifs is 6. The van der Waals surface area contributed by atoms with Gasteiger partial charge in [-0.05, 0) is 129 Å². The Bertz CT molecular complexity index is 2690. The second kappa shape index (κ2) is 12.3. The molecular formula is C50H40. The smallest absolute Gasteiger partial charge is 0.00201 e. The van der Waals surface area contributed by atoms with Gasteiger partial charge in [0, 0.05) is 0 Å². The summed E-state index contributed by atoms with van der Waals surface area (Å²) in [7, 11) is 0. The molecule has 0 saturated heterocycles. The Balaban J connectivity index is 1.26. The van der Waals surface area contributed by atoms with Crippen molar-refractivity contribution in [3.05, 3.63) is 168 Å². The fraction of sp³-hybridized carbons (Fsp3) is 0.120. The van der Waals surface area contributed by atoms with Crippen molar-refractivity contribution in [2.45, 2.75) is 40.0 Å². The standard InChI is InChI=1S/C50H40/c1-4-32-19-21-37-31-47(40-27-20-33(5-2)30-48(40)46(37)29-32)35-22-24-36(25-23-35)49-41-15-9-11-17-43(41)50(44-18-12-10-16-42(44)49)45-28-26-34(6-3)38-13-7-8-14-39(38)45/h7-31H,4-6H2,1-3H3. The topological polar surface area (TPSA) is 0 Å². The minimum atomic E-state index is 1.02. The van der Waals surface area contributed by atoms with Crippen LogP contribution in [0.15, 0.2) is 152 Å². The van der Waals surface area contributed by atoms with Crippen LogP contribution >= 0.6 is 0 Å². The number of benzene rings is 9. The van der Waals surface area contributed by atoms with Gasteiger partial charge in [0.25, 0.3) is 0 Å². The van der Waals surface area contributed by atoms with Crippen LogP contribution in [0.5, 0.6) is 0 Å². The summed E-state index contributed by atoms with van der Waals surface area (Å²) in [6, 6.07) is 57.4. The quantitative estimate of drug-likeness (QED) is 0.125. The van der Waals surface area contributed by atoms with Gasteiger partial charge in [0.15, 0.2) is 0 Å². The molecular weight excluding hydrogens is 601 g/mol. The summed E-state index contributed by atoms with van der Waals surface area (Å²) in [5.74, 6) is 0. The molecule has 0 atom stereocenters. The van der Waals surface area contributed by atoms with Crippen molar-refractivity contribution in [2.75, 3.05) is 0 Å². The minimum absolute atomic E-state index is 1.02. The molecule has 0 nitrogen and oxygen atoms in total. The molecule has 0 unspecified atom stereocenters. The van der Waals surface area contributed by atoms with Crippen LogP contribution in [0.2, 0.25) is 0 Å². The fourth-order valence-electron chi connectivity index (χ4n) is 8.36. The lowest BCUT2D eigenvalue weighted by atomic mass is 9.84. The Morgan fingerprint density at radius 3 is 1.46 bits per heavy atom. The Hall–Kier alpha value is -5.72. The molecule has 0 aliphatic carbocycles. The first kappa shape index (κ1) is 30.3. The molecule has 9 rings (SSSR count).